The number of fused-ring (bicyclic) bond motifs is 1. The lowest BCUT2D eigenvalue weighted by atomic mass is 9.99. The van der Waals surface area contributed by atoms with E-state index in [1.54, 1.807) is 4.90 Å². The molecule has 1 aromatic carbocycles. The van der Waals surface area contributed by atoms with E-state index < -0.39 is 12.1 Å². The van der Waals surface area contributed by atoms with E-state index in [2.05, 4.69) is 10.6 Å². The third-order valence-corrected chi connectivity index (χ3v) is 4.24. The van der Waals surface area contributed by atoms with Crippen LogP contribution in [0.1, 0.15) is 18.9 Å². The molecule has 0 saturated carbocycles. The zero-order chi connectivity index (χ0) is 15.7. The molecule has 2 aliphatic rings. The quantitative estimate of drug-likeness (QED) is 0.814. The van der Waals surface area contributed by atoms with E-state index in [0.29, 0.717) is 19.4 Å². The number of amides is 3. The Bertz CT molecular complexity index is 602. The minimum absolute atomic E-state index is 0.0682. The molecule has 0 bridgehead atoms. The number of hydrogen-bond donors (Lipinski definition) is 2. The highest BCUT2D eigenvalue weighted by Gasteiger charge is 2.48. The van der Waals surface area contributed by atoms with Crippen molar-refractivity contribution in [2.75, 3.05) is 6.54 Å². The topological polar surface area (TPSA) is 78.5 Å². The van der Waals surface area contributed by atoms with E-state index in [1.165, 1.54) is 6.92 Å². The number of carbonyl (C=O) groups excluding carboxylic acids is 3. The molecule has 3 rings (SSSR count). The molecule has 0 unspecified atom stereocenters. The minimum atomic E-state index is -0.580. The number of rotatable bonds is 3. The van der Waals surface area contributed by atoms with Crippen molar-refractivity contribution < 1.29 is 14.4 Å². The van der Waals surface area contributed by atoms with Crippen molar-refractivity contribution in [1.29, 1.82) is 0 Å². The first-order valence-electron chi connectivity index (χ1n) is 7.48. The van der Waals surface area contributed by atoms with Crippen LogP contribution in [0.5, 0.6) is 0 Å². The van der Waals surface area contributed by atoms with Gasteiger partial charge < -0.3 is 15.5 Å². The molecule has 2 fully saturated rings. The molecule has 0 radical (unpaired) electrons. The first-order chi connectivity index (χ1) is 10.6. The fraction of sp³-hybridized carbons (Fsp3) is 0.438. The molecule has 2 aliphatic heterocycles. The standard InChI is InChI=1S/C16H19N3O3/c1-10(20)17-12-7-8-19-14(12)15(21)18-13(16(19)22)9-11-5-3-2-4-6-11/h2-6,12-14H,7-9H2,1H3,(H,17,20)(H,18,21)/t12-,13+,14-/m0/s1. The van der Waals surface area contributed by atoms with Crippen LogP contribution in [0.25, 0.3) is 0 Å². The van der Waals surface area contributed by atoms with E-state index >= 15 is 0 Å². The maximum atomic E-state index is 12.6. The highest BCUT2D eigenvalue weighted by atomic mass is 16.2. The lowest BCUT2D eigenvalue weighted by Gasteiger charge is -2.36. The minimum Gasteiger partial charge on any atom is -0.351 e. The summed E-state index contributed by atoms with van der Waals surface area (Å²) < 4.78 is 0. The Morgan fingerprint density at radius 3 is 2.73 bits per heavy atom. The molecule has 0 aromatic heterocycles. The van der Waals surface area contributed by atoms with E-state index in [0.717, 1.165) is 5.56 Å². The van der Waals surface area contributed by atoms with Crippen LogP contribution in [0.15, 0.2) is 30.3 Å². The molecule has 2 N–H and O–H groups in total. The lowest BCUT2D eigenvalue weighted by molar-refractivity contribution is -0.147. The molecule has 2 heterocycles. The van der Waals surface area contributed by atoms with Gasteiger partial charge in [-0.15, -0.1) is 0 Å². The number of carbonyl (C=O) groups is 3. The molecule has 3 amide bonds. The summed E-state index contributed by atoms with van der Waals surface area (Å²) >= 11 is 0. The van der Waals surface area contributed by atoms with Crippen LogP contribution in [0.2, 0.25) is 0 Å². The fourth-order valence-electron chi connectivity index (χ4n) is 3.28. The van der Waals surface area contributed by atoms with Gasteiger partial charge in [-0.2, -0.15) is 0 Å². The third-order valence-electron chi connectivity index (χ3n) is 4.24. The predicted octanol–water partition coefficient (Wildman–Crippen LogP) is -0.167. The van der Waals surface area contributed by atoms with Crippen molar-refractivity contribution >= 4 is 17.7 Å². The van der Waals surface area contributed by atoms with Gasteiger partial charge in [-0.25, -0.2) is 0 Å². The van der Waals surface area contributed by atoms with E-state index in [9.17, 15) is 14.4 Å². The molecule has 0 aliphatic carbocycles. The van der Waals surface area contributed by atoms with Crippen molar-refractivity contribution in [3.05, 3.63) is 35.9 Å². The van der Waals surface area contributed by atoms with Gasteiger partial charge >= 0.3 is 0 Å². The van der Waals surface area contributed by atoms with Gasteiger partial charge in [-0.1, -0.05) is 30.3 Å². The smallest absolute Gasteiger partial charge is 0.246 e. The third kappa shape index (κ3) is 2.68. The van der Waals surface area contributed by atoms with Crippen LogP contribution in [0, 0.1) is 0 Å². The van der Waals surface area contributed by atoms with Crippen LogP contribution in [0.4, 0.5) is 0 Å². The Kier molecular flexibility index (Phi) is 3.83. The normalized spacial score (nSPS) is 27.3. The van der Waals surface area contributed by atoms with Crippen molar-refractivity contribution in [3.63, 3.8) is 0 Å². The molecule has 6 heteroatoms. The molecule has 3 atom stereocenters. The Labute approximate surface area is 128 Å². The van der Waals surface area contributed by atoms with Crippen molar-refractivity contribution in [2.24, 2.45) is 0 Å². The van der Waals surface area contributed by atoms with Crippen molar-refractivity contribution in [1.82, 2.24) is 15.5 Å². The van der Waals surface area contributed by atoms with E-state index in [1.807, 2.05) is 30.3 Å². The summed E-state index contributed by atoms with van der Waals surface area (Å²) in [5, 5.41) is 5.57. The average molecular weight is 301 g/mol. The van der Waals surface area contributed by atoms with E-state index in [-0.39, 0.29) is 23.8 Å². The summed E-state index contributed by atoms with van der Waals surface area (Å²) in [6.07, 6.45) is 1.10. The first kappa shape index (κ1) is 14.6. The zero-order valence-electron chi connectivity index (χ0n) is 12.4. The summed E-state index contributed by atoms with van der Waals surface area (Å²) in [6, 6.07) is 8.22. The predicted molar refractivity (Wildman–Crippen MR) is 79.8 cm³/mol. The maximum absolute atomic E-state index is 12.6. The van der Waals surface area contributed by atoms with E-state index in [4.69, 9.17) is 0 Å². The van der Waals surface area contributed by atoms with Gasteiger partial charge in [0.05, 0.1) is 6.04 Å². The summed E-state index contributed by atoms with van der Waals surface area (Å²) in [4.78, 5) is 37.8. The molecular weight excluding hydrogens is 282 g/mol. The Morgan fingerprint density at radius 2 is 2.05 bits per heavy atom. The highest BCUT2D eigenvalue weighted by molar-refractivity contribution is 5.98. The second kappa shape index (κ2) is 5.79. The largest absolute Gasteiger partial charge is 0.351 e. The number of nitrogens with zero attached hydrogens (tertiary/aromatic N) is 1. The average Bonchev–Trinajstić information content (AvgIpc) is 2.89. The number of piperazine rings is 1. The SMILES string of the molecule is CC(=O)N[C@H]1CCN2C(=O)[C@@H](Cc3ccccc3)NC(=O)[C@H]12. The first-order valence-corrected chi connectivity index (χ1v) is 7.48. The summed E-state index contributed by atoms with van der Waals surface area (Å²) in [5.74, 6) is -0.434. The molecule has 116 valence electrons. The van der Waals surface area contributed by atoms with Crippen molar-refractivity contribution in [3.8, 4) is 0 Å². The number of hydrogen-bond acceptors (Lipinski definition) is 3. The Balaban J connectivity index is 1.74. The molecule has 0 spiro atoms. The monoisotopic (exact) mass is 301 g/mol. The molecule has 1 aromatic rings. The zero-order valence-corrected chi connectivity index (χ0v) is 12.4. The lowest BCUT2D eigenvalue weighted by Crippen LogP contribution is -2.65. The van der Waals surface area contributed by atoms with Gasteiger partial charge in [0.2, 0.25) is 17.7 Å². The maximum Gasteiger partial charge on any atom is 0.246 e. The van der Waals surface area contributed by atoms with Crippen LogP contribution in [-0.2, 0) is 20.8 Å². The van der Waals surface area contributed by atoms with Gasteiger partial charge in [-0.3, -0.25) is 14.4 Å². The van der Waals surface area contributed by atoms with Crippen LogP contribution >= 0.6 is 0 Å². The molecule has 6 nitrogen and oxygen atoms in total. The van der Waals surface area contributed by atoms with Crippen LogP contribution < -0.4 is 10.6 Å². The Hall–Kier alpha value is -2.37. The van der Waals surface area contributed by atoms with Gasteiger partial charge in [0.25, 0.3) is 0 Å². The summed E-state index contributed by atoms with van der Waals surface area (Å²) in [6.45, 7) is 1.93. The fourth-order valence-corrected chi connectivity index (χ4v) is 3.28. The van der Waals surface area contributed by atoms with Crippen LogP contribution in [-0.4, -0.2) is 47.3 Å². The molecule has 22 heavy (non-hydrogen) atoms. The molecule has 2 saturated heterocycles. The molecular formula is C16H19N3O3. The van der Waals surface area contributed by atoms with Gasteiger partial charge in [0.15, 0.2) is 0 Å². The van der Waals surface area contributed by atoms with Gasteiger partial charge in [0, 0.05) is 19.9 Å². The highest BCUT2D eigenvalue weighted by Crippen LogP contribution is 2.24. The van der Waals surface area contributed by atoms with Crippen LogP contribution in [0.3, 0.4) is 0 Å². The van der Waals surface area contributed by atoms with Gasteiger partial charge in [-0.05, 0) is 12.0 Å². The Morgan fingerprint density at radius 1 is 1.32 bits per heavy atom. The number of benzene rings is 1. The number of nitrogens with one attached hydrogen (secondary N) is 2. The van der Waals surface area contributed by atoms with Crippen molar-refractivity contribution in [2.45, 2.75) is 37.9 Å². The van der Waals surface area contributed by atoms with Gasteiger partial charge in [0.1, 0.15) is 12.1 Å². The second-order valence-electron chi connectivity index (χ2n) is 5.82. The summed E-state index contributed by atoms with van der Waals surface area (Å²) in [7, 11) is 0. The summed E-state index contributed by atoms with van der Waals surface area (Å²) in [5.41, 5.74) is 1.01. The second-order valence-corrected chi connectivity index (χ2v) is 5.82.